The van der Waals surface area contributed by atoms with E-state index in [2.05, 4.69) is 15.3 Å². The Morgan fingerprint density at radius 2 is 1.93 bits per heavy atom. The third-order valence-corrected chi connectivity index (χ3v) is 5.11. The van der Waals surface area contributed by atoms with Crippen LogP contribution in [0, 0.1) is 0 Å². The number of aromatic nitrogens is 2. The second-order valence-corrected chi connectivity index (χ2v) is 6.98. The average molecular weight is 376 g/mol. The van der Waals surface area contributed by atoms with Crippen LogP contribution in [0.3, 0.4) is 0 Å². The minimum Gasteiger partial charge on any atom is -0.439 e. The lowest BCUT2D eigenvalue weighted by Crippen LogP contribution is -2.42. The van der Waals surface area contributed by atoms with Gasteiger partial charge in [0.05, 0.1) is 18.8 Å². The van der Waals surface area contributed by atoms with Gasteiger partial charge in [-0.2, -0.15) is 0 Å². The molecular weight excluding hydrogens is 352 g/mol. The van der Waals surface area contributed by atoms with E-state index in [0.29, 0.717) is 11.7 Å². The van der Waals surface area contributed by atoms with Crippen LogP contribution in [0.5, 0.6) is 0 Å². The first kappa shape index (κ1) is 18.2. The lowest BCUT2D eigenvalue weighted by Gasteiger charge is -2.30. The zero-order valence-corrected chi connectivity index (χ0v) is 15.8. The normalized spacial score (nSPS) is 17.1. The average Bonchev–Trinajstić information content (AvgIpc) is 3.09. The Balaban J connectivity index is 1.43. The van der Waals surface area contributed by atoms with Crippen LogP contribution in [0.4, 0.5) is 4.79 Å². The van der Waals surface area contributed by atoms with Crippen molar-refractivity contribution in [3.63, 3.8) is 0 Å². The predicted molar refractivity (Wildman–Crippen MR) is 106 cm³/mol. The van der Waals surface area contributed by atoms with Gasteiger partial charge in [-0.15, -0.1) is 0 Å². The first-order valence-corrected chi connectivity index (χ1v) is 9.76. The number of rotatable bonds is 4. The lowest BCUT2D eigenvalue weighted by atomic mass is 10.0. The fraction of sp³-hybridized carbons (Fsp3) is 0.318. The fourth-order valence-electron chi connectivity index (χ4n) is 3.66. The maximum Gasteiger partial charge on any atom is 0.318 e. The van der Waals surface area contributed by atoms with Crippen molar-refractivity contribution >= 4 is 6.03 Å². The number of likely N-dealkylation sites (tertiary alicyclic amines) is 1. The molecule has 0 radical (unpaired) electrons. The second-order valence-electron chi connectivity index (χ2n) is 6.98. The minimum atomic E-state index is -0.0804. The summed E-state index contributed by atoms with van der Waals surface area (Å²) in [5.74, 6) is 1.21. The fourth-order valence-corrected chi connectivity index (χ4v) is 3.66. The molecule has 0 saturated carbocycles. The van der Waals surface area contributed by atoms with Gasteiger partial charge >= 0.3 is 6.03 Å². The SMILES string of the molecule is O=C(NCc1ncc(-c2ccccc2)o1)N1CCCCC[C@@H]1c1ccncc1. The van der Waals surface area contributed by atoms with E-state index in [-0.39, 0.29) is 18.6 Å². The molecule has 28 heavy (non-hydrogen) atoms. The molecule has 144 valence electrons. The summed E-state index contributed by atoms with van der Waals surface area (Å²) in [7, 11) is 0. The van der Waals surface area contributed by atoms with Crippen molar-refractivity contribution in [1.29, 1.82) is 0 Å². The largest absolute Gasteiger partial charge is 0.439 e. The molecule has 0 aliphatic carbocycles. The molecule has 1 aromatic carbocycles. The van der Waals surface area contributed by atoms with Gasteiger partial charge in [-0.1, -0.05) is 43.2 Å². The minimum absolute atomic E-state index is 0.0786. The highest BCUT2D eigenvalue weighted by molar-refractivity contribution is 5.74. The summed E-state index contributed by atoms with van der Waals surface area (Å²) in [5.41, 5.74) is 2.10. The summed E-state index contributed by atoms with van der Waals surface area (Å²) in [6, 6.07) is 13.8. The number of carbonyl (C=O) groups is 1. The number of pyridine rings is 1. The Hall–Kier alpha value is -3.15. The molecule has 3 aromatic rings. The number of carbonyl (C=O) groups excluding carboxylic acids is 1. The zero-order chi connectivity index (χ0) is 19.2. The van der Waals surface area contributed by atoms with Crippen LogP contribution in [0.15, 0.2) is 65.5 Å². The molecule has 3 heterocycles. The van der Waals surface area contributed by atoms with Crippen molar-refractivity contribution in [2.45, 2.75) is 38.3 Å². The van der Waals surface area contributed by atoms with E-state index in [1.807, 2.05) is 47.4 Å². The Bertz CT molecular complexity index is 895. The number of benzene rings is 1. The molecule has 6 heteroatoms. The zero-order valence-electron chi connectivity index (χ0n) is 15.8. The summed E-state index contributed by atoms with van der Waals surface area (Å²) in [6.45, 7) is 1.02. The molecule has 0 unspecified atom stereocenters. The number of hydrogen-bond acceptors (Lipinski definition) is 4. The third-order valence-electron chi connectivity index (χ3n) is 5.11. The van der Waals surface area contributed by atoms with E-state index in [1.54, 1.807) is 18.6 Å². The molecule has 2 aromatic heterocycles. The van der Waals surface area contributed by atoms with Crippen LogP contribution in [0.1, 0.15) is 43.2 Å². The third kappa shape index (κ3) is 4.22. The van der Waals surface area contributed by atoms with Crippen LogP contribution >= 0.6 is 0 Å². The van der Waals surface area contributed by atoms with Gasteiger partial charge in [-0.05, 0) is 30.5 Å². The first-order chi connectivity index (χ1) is 13.8. The van der Waals surface area contributed by atoms with Gasteiger partial charge in [0.15, 0.2) is 5.76 Å². The first-order valence-electron chi connectivity index (χ1n) is 9.76. The van der Waals surface area contributed by atoms with Gasteiger partial charge in [0.25, 0.3) is 0 Å². The van der Waals surface area contributed by atoms with Crippen LogP contribution in [0.2, 0.25) is 0 Å². The lowest BCUT2D eigenvalue weighted by molar-refractivity contribution is 0.174. The van der Waals surface area contributed by atoms with Gasteiger partial charge < -0.3 is 14.6 Å². The van der Waals surface area contributed by atoms with E-state index in [4.69, 9.17) is 4.42 Å². The van der Waals surface area contributed by atoms with Crippen molar-refractivity contribution in [1.82, 2.24) is 20.2 Å². The number of hydrogen-bond donors (Lipinski definition) is 1. The molecule has 0 spiro atoms. The van der Waals surface area contributed by atoms with Gasteiger partial charge in [-0.25, -0.2) is 9.78 Å². The van der Waals surface area contributed by atoms with Crippen molar-refractivity contribution in [2.24, 2.45) is 0 Å². The quantitative estimate of drug-likeness (QED) is 0.724. The number of amides is 2. The topological polar surface area (TPSA) is 71.3 Å². The molecule has 1 N–H and O–H groups in total. The van der Waals surface area contributed by atoms with Crippen LogP contribution in [0.25, 0.3) is 11.3 Å². The van der Waals surface area contributed by atoms with Crippen molar-refractivity contribution in [3.8, 4) is 11.3 Å². The Kier molecular flexibility index (Phi) is 5.66. The van der Waals surface area contributed by atoms with Crippen molar-refractivity contribution in [2.75, 3.05) is 6.54 Å². The highest BCUT2D eigenvalue weighted by Crippen LogP contribution is 2.29. The Morgan fingerprint density at radius 3 is 2.75 bits per heavy atom. The van der Waals surface area contributed by atoms with Crippen molar-refractivity contribution in [3.05, 3.63) is 72.5 Å². The van der Waals surface area contributed by atoms with E-state index in [9.17, 15) is 4.79 Å². The maximum atomic E-state index is 12.9. The summed E-state index contributed by atoms with van der Waals surface area (Å²) in [5, 5.41) is 2.98. The smallest absolute Gasteiger partial charge is 0.318 e. The highest BCUT2D eigenvalue weighted by Gasteiger charge is 2.26. The van der Waals surface area contributed by atoms with E-state index in [0.717, 1.165) is 43.4 Å². The molecule has 0 bridgehead atoms. The van der Waals surface area contributed by atoms with E-state index >= 15 is 0 Å². The van der Waals surface area contributed by atoms with Gasteiger partial charge in [0.2, 0.25) is 5.89 Å². The standard InChI is InChI=1S/C22H24N4O2/c27-22(25-16-21-24-15-20(28-21)18-7-3-1-4-8-18)26-14-6-2-5-9-19(26)17-10-12-23-13-11-17/h1,3-4,7-8,10-13,15,19H,2,5-6,9,14,16H2,(H,25,27)/t19-/m1/s1. The summed E-state index contributed by atoms with van der Waals surface area (Å²) in [4.78, 5) is 23.2. The molecule has 1 aliphatic heterocycles. The second kappa shape index (κ2) is 8.69. The molecule has 2 amide bonds. The number of nitrogens with one attached hydrogen (secondary N) is 1. The highest BCUT2D eigenvalue weighted by atomic mass is 16.4. The van der Waals surface area contributed by atoms with Gasteiger partial charge in [0.1, 0.15) is 0 Å². The van der Waals surface area contributed by atoms with Crippen LogP contribution in [-0.2, 0) is 6.54 Å². The summed E-state index contributed by atoms with van der Waals surface area (Å²) < 4.78 is 5.79. The number of nitrogens with zero attached hydrogens (tertiary/aromatic N) is 3. The van der Waals surface area contributed by atoms with Gasteiger partial charge in [-0.3, -0.25) is 4.98 Å². The molecule has 1 aliphatic rings. The van der Waals surface area contributed by atoms with Crippen LogP contribution in [-0.4, -0.2) is 27.4 Å². The monoisotopic (exact) mass is 376 g/mol. The Labute approximate surface area is 164 Å². The molecule has 1 fully saturated rings. The summed E-state index contributed by atoms with van der Waals surface area (Å²) in [6.07, 6.45) is 9.52. The van der Waals surface area contributed by atoms with E-state index in [1.165, 1.54) is 0 Å². The van der Waals surface area contributed by atoms with Crippen LogP contribution < -0.4 is 5.32 Å². The maximum absolute atomic E-state index is 12.9. The Morgan fingerprint density at radius 1 is 1.11 bits per heavy atom. The van der Waals surface area contributed by atoms with Gasteiger partial charge in [0, 0.05) is 24.5 Å². The molecule has 1 atom stereocenters. The summed E-state index contributed by atoms with van der Waals surface area (Å²) >= 11 is 0. The van der Waals surface area contributed by atoms with Crippen molar-refractivity contribution < 1.29 is 9.21 Å². The molecule has 1 saturated heterocycles. The molecule has 4 rings (SSSR count). The molecule has 6 nitrogen and oxygen atoms in total. The number of oxazole rings is 1. The molecular formula is C22H24N4O2. The predicted octanol–water partition coefficient (Wildman–Crippen LogP) is 4.56. The number of urea groups is 1. The van der Waals surface area contributed by atoms with E-state index < -0.39 is 0 Å².